The van der Waals surface area contributed by atoms with Crippen molar-refractivity contribution >= 4 is 45.8 Å². The van der Waals surface area contributed by atoms with E-state index in [0.29, 0.717) is 28.3 Å². The Kier molecular flexibility index (Phi) is 6.81. The Bertz CT molecular complexity index is 1500. The van der Waals surface area contributed by atoms with Crippen LogP contribution in [0.2, 0.25) is 0 Å². The number of nitrogens with two attached hydrogens (primary N) is 2. The molecule has 3 aromatic heterocycles. The van der Waals surface area contributed by atoms with E-state index < -0.39 is 0 Å². The van der Waals surface area contributed by atoms with Gasteiger partial charge in [-0.25, -0.2) is 4.99 Å². The van der Waals surface area contributed by atoms with E-state index in [2.05, 4.69) is 20.6 Å². The van der Waals surface area contributed by atoms with Crippen molar-refractivity contribution < 1.29 is 9.59 Å². The van der Waals surface area contributed by atoms with Crippen molar-refractivity contribution in [1.29, 1.82) is 5.41 Å². The molecule has 0 aliphatic heterocycles. The Morgan fingerprint density at radius 3 is 2.53 bits per heavy atom. The molecule has 0 aliphatic carbocycles. The number of hydrogen-bond acceptors (Lipinski definition) is 5. The minimum Gasteiger partial charge on any atom is -0.388 e. The highest BCUT2D eigenvalue weighted by molar-refractivity contribution is 6.05. The summed E-state index contributed by atoms with van der Waals surface area (Å²) in [6.45, 7) is 0.256. The average molecular weight is 486 g/mol. The van der Waals surface area contributed by atoms with Crippen molar-refractivity contribution in [3.8, 4) is 0 Å². The van der Waals surface area contributed by atoms with Crippen LogP contribution in [-0.4, -0.2) is 44.1 Å². The average Bonchev–Trinajstić information content (AvgIpc) is 3.39. The Morgan fingerprint density at radius 1 is 1.03 bits per heavy atom. The van der Waals surface area contributed by atoms with Crippen LogP contribution in [0.15, 0.2) is 66.0 Å². The number of aromatic nitrogens is 3. The monoisotopic (exact) mass is 485 g/mol. The molecule has 0 aliphatic rings. The topological polar surface area (TPSA) is 169 Å². The van der Waals surface area contributed by atoms with Crippen LogP contribution < -0.4 is 22.1 Å². The van der Waals surface area contributed by atoms with Gasteiger partial charge in [-0.05, 0) is 24.3 Å². The van der Waals surface area contributed by atoms with E-state index >= 15 is 0 Å². The van der Waals surface area contributed by atoms with E-state index in [1.165, 1.54) is 0 Å². The van der Waals surface area contributed by atoms with Crippen LogP contribution in [0.4, 0.5) is 11.4 Å². The Hall–Kier alpha value is -4.93. The number of amides is 2. The number of carbonyl (C=O) groups excluding carboxylic acids is 2. The standard InChI is InChI=1S/C25H27N9O2/c1-33-14-18(11-20(33)24(35)29-8-7-22(26)27)32-25(36)21-10-17(13-34(21)2)31-23(28)16-9-15-5-3-4-6-19(15)30-12-16/h3-6,9-14H,7-8H2,1-2H3,(H3,26,27)(H2,28,31)(H,29,35)(H,32,36). The molecule has 2 amide bonds. The Labute approximate surface area is 207 Å². The number of para-hydroxylation sites is 1. The highest BCUT2D eigenvalue weighted by atomic mass is 16.2. The third-order valence-corrected chi connectivity index (χ3v) is 5.53. The van der Waals surface area contributed by atoms with Gasteiger partial charge in [0.05, 0.1) is 22.7 Å². The van der Waals surface area contributed by atoms with Gasteiger partial charge in [-0.1, -0.05) is 18.2 Å². The van der Waals surface area contributed by atoms with E-state index in [1.54, 1.807) is 54.0 Å². The summed E-state index contributed by atoms with van der Waals surface area (Å²) in [6.07, 6.45) is 5.28. The molecule has 4 rings (SSSR count). The SMILES string of the molecule is Cn1cc(NC(=O)c2cc(N=C(N)c3cnc4ccccc4c3)cn2C)cc1C(=O)NCCC(=N)N. The predicted octanol–water partition coefficient (Wildman–Crippen LogP) is 2.26. The fourth-order valence-corrected chi connectivity index (χ4v) is 3.70. The number of nitrogens with one attached hydrogen (secondary N) is 3. The van der Waals surface area contributed by atoms with Gasteiger partial charge in [0.25, 0.3) is 11.8 Å². The van der Waals surface area contributed by atoms with Crippen molar-refractivity contribution in [2.75, 3.05) is 11.9 Å². The minimum absolute atomic E-state index is 0.00269. The first-order chi connectivity index (χ1) is 17.2. The summed E-state index contributed by atoms with van der Waals surface area (Å²) in [7, 11) is 3.44. The second-order valence-corrected chi connectivity index (χ2v) is 8.32. The Morgan fingerprint density at radius 2 is 1.75 bits per heavy atom. The Balaban J connectivity index is 1.47. The fraction of sp³-hybridized carbons (Fsp3) is 0.160. The predicted molar refractivity (Wildman–Crippen MR) is 140 cm³/mol. The van der Waals surface area contributed by atoms with Gasteiger partial charge in [0.2, 0.25) is 0 Å². The maximum atomic E-state index is 12.9. The summed E-state index contributed by atoms with van der Waals surface area (Å²) in [5.41, 5.74) is 14.8. The van der Waals surface area contributed by atoms with Crippen molar-refractivity contribution in [2.24, 2.45) is 30.6 Å². The fourth-order valence-electron chi connectivity index (χ4n) is 3.70. The van der Waals surface area contributed by atoms with Crippen molar-refractivity contribution in [3.63, 3.8) is 0 Å². The van der Waals surface area contributed by atoms with E-state index in [9.17, 15) is 9.59 Å². The third-order valence-electron chi connectivity index (χ3n) is 5.53. The van der Waals surface area contributed by atoms with Crippen LogP contribution >= 0.6 is 0 Å². The molecule has 1 aromatic carbocycles. The zero-order chi connectivity index (χ0) is 25.8. The van der Waals surface area contributed by atoms with Gasteiger partial charge in [-0.15, -0.1) is 0 Å². The van der Waals surface area contributed by atoms with Crippen molar-refractivity contribution in [1.82, 2.24) is 19.4 Å². The molecule has 0 saturated carbocycles. The van der Waals surface area contributed by atoms with E-state index in [4.69, 9.17) is 16.9 Å². The molecule has 36 heavy (non-hydrogen) atoms. The lowest BCUT2D eigenvalue weighted by Gasteiger charge is -2.04. The maximum absolute atomic E-state index is 12.9. The lowest BCUT2D eigenvalue weighted by molar-refractivity contribution is 0.0945. The molecule has 0 spiro atoms. The van der Waals surface area contributed by atoms with E-state index in [-0.39, 0.29) is 36.5 Å². The zero-order valence-corrected chi connectivity index (χ0v) is 19.9. The van der Waals surface area contributed by atoms with Crippen LogP contribution in [0.1, 0.15) is 33.0 Å². The third kappa shape index (κ3) is 5.41. The van der Waals surface area contributed by atoms with Gasteiger partial charge in [-0.2, -0.15) is 0 Å². The van der Waals surface area contributed by atoms with Gasteiger partial charge in [-0.3, -0.25) is 20.0 Å². The summed E-state index contributed by atoms with van der Waals surface area (Å²) in [5.74, 6) is -0.404. The van der Waals surface area contributed by atoms with E-state index in [1.807, 2.05) is 30.3 Å². The molecule has 0 saturated heterocycles. The van der Waals surface area contributed by atoms with Crippen LogP contribution in [0, 0.1) is 5.41 Å². The molecule has 0 unspecified atom stereocenters. The smallest absolute Gasteiger partial charge is 0.272 e. The highest BCUT2D eigenvalue weighted by Crippen LogP contribution is 2.20. The molecule has 0 atom stereocenters. The number of nitrogens with zero attached hydrogens (tertiary/aromatic N) is 4. The number of amidine groups is 2. The summed E-state index contributed by atoms with van der Waals surface area (Å²) in [5, 5.41) is 13.7. The lowest BCUT2D eigenvalue weighted by Crippen LogP contribution is -2.28. The number of pyridine rings is 1. The van der Waals surface area contributed by atoms with Gasteiger partial charge in [0, 0.05) is 56.6 Å². The normalized spacial score (nSPS) is 11.4. The molecule has 0 radical (unpaired) electrons. The minimum atomic E-state index is -0.362. The second kappa shape index (κ2) is 10.1. The van der Waals surface area contributed by atoms with Gasteiger partial charge in [0.15, 0.2) is 0 Å². The molecular weight excluding hydrogens is 458 g/mol. The number of benzene rings is 1. The molecule has 7 N–H and O–H groups in total. The van der Waals surface area contributed by atoms with Crippen molar-refractivity contribution in [3.05, 3.63) is 78.0 Å². The highest BCUT2D eigenvalue weighted by Gasteiger charge is 2.16. The second-order valence-electron chi connectivity index (χ2n) is 8.32. The number of carbonyl (C=O) groups is 2. The summed E-state index contributed by atoms with van der Waals surface area (Å²) in [4.78, 5) is 34.2. The zero-order valence-electron chi connectivity index (χ0n) is 19.9. The van der Waals surface area contributed by atoms with Crippen LogP contribution in [0.5, 0.6) is 0 Å². The first kappa shape index (κ1) is 24.2. The van der Waals surface area contributed by atoms with Crippen LogP contribution in [0.3, 0.4) is 0 Å². The summed E-state index contributed by atoms with van der Waals surface area (Å²) >= 11 is 0. The van der Waals surface area contributed by atoms with Gasteiger partial charge < -0.3 is 31.2 Å². The summed E-state index contributed by atoms with van der Waals surface area (Å²) in [6, 6.07) is 12.9. The number of rotatable bonds is 8. The van der Waals surface area contributed by atoms with Crippen LogP contribution in [-0.2, 0) is 14.1 Å². The molecular formula is C25H27N9O2. The van der Waals surface area contributed by atoms with E-state index in [0.717, 1.165) is 10.9 Å². The molecule has 11 nitrogen and oxygen atoms in total. The quantitative estimate of drug-likeness (QED) is 0.190. The number of aryl methyl sites for hydroxylation is 2. The summed E-state index contributed by atoms with van der Waals surface area (Å²) < 4.78 is 3.26. The van der Waals surface area contributed by atoms with Crippen LogP contribution in [0.25, 0.3) is 10.9 Å². The molecule has 0 fully saturated rings. The number of hydrogen-bond donors (Lipinski definition) is 5. The first-order valence-electron chi connectivity index (χ1n) is 11.2. The lowest BCUT2D eigenvalue weighted by atomic mass is 10.1. The number of fused-ring (bicyclic) bond motifs is 1. The van der Waals surface area contributed by atoms with Gasteiger partial charge >= 0.3 is 0 Å². The number of aliphatic imine (C=N–C) groups is 1. The first-order valence-corrected chi connectivity index (χ1v) is 11.2. The van der Waals surface area contributed by atoms with Crippen molar-refractivity contribution in [2.45, 2.75) is 6.42 Å². The maximum Gasteiger partial charge on any atom is 0.272 e. The molecule has 0 bridgehead atoms. The largest absolute Gasteiger partial charge is 0.388 e. The molecule has 184 valence electrons. The molecule has 4 aromatic rings. The number of anilines is 1. The van der Waals surface area contributed by atoms with Gasteiger partial charge in [0.1, 0.15) is 17.2 Å². The molecule has 3 heterocycles. The molecule has 11 heteroatoms.